The number of carboxylic acid groups (broad SMARTS) is 1. The molecule has 0 bridgehead atoms. The van der Waals surface area contributed by atoms with E-state index in [0.717, 1.165) is 64.7 Å². The van der Waals surface area contributed by atoms with E-state index in [1.54, 1.807) is 73.3 Å². The fraction of sp³-hybridized carbons (Fsp3) is 0.125. The van der Waals surface area contributed by atoms with Gasteiger partial charge in [-0.25, -0.2) is 14.8 Å². The van der Waals surface area contributed by atoms with Crippen LogP contribution in [0.25, 0.3) is 52.7 Å². The van der Waals surface area contributed by atoms with Crippen LogP contribution in [0.15, 0.2) is 133 Å². The minimum atomic E-state index is -1.07. The number of hydrogen-bond acceptors (Lipinski definition) is 10. The number of carbonyl (C=O) groups is 4. The Morgan fingerprint density at radius 3 is 1.59 bits per heavy atom. The molecule has 0 unspecified atom stereocenters. The molecular formula is C48H40N2O7S2. The molecule has 0 amide bonds. The maximum Gasteiger partial charge on any atom is 0.336 e. The zero-order chi connectivity index (χ0) is 41.9. The van der Waals surface area contributed by atoms with Crippen LogP contribution in [0.4, 0.5) is 0 Å². The molecule has 8 rings (SSSR count). The van der Waals surface area contributed by atoms with Crippen LogP contribution in [0, 0.1) is 0 Å². The summed E-state index contributed by atoms with van der Waals surface area (Å²) in [6, 6.07) is 42.1. The number of fused-ring (bicyclic) bond motifs is 2. The molecule has 11 heteroatoms. The lowest BCUT2D eigenvalue weighted by atomic mass is 9.91. The summed E-state index contributed by atoms with van der Waals surface area (Å²) in [4.78, 5) is 56.0. The molecule has 1 N–H and O–H groups in total. The standard InChI is InChI=1S/C37H26N2O3S2.C9H8O3.C2H6O/c1-2-23-15-17-25(28(19-23)36-38-30-10-4-7-13-34(30)43-36)26-18-16-24(21-32(41)27-9-3-6-12-33(27)42-22-40)20-29(26)37-39-31-11-5-8-14-35(31)44-37;1-6(10)7-4-2-3-5-8(7)9(11)12;1-3-2/h3-20,22H,2,21H2,1H3;2-5H,1H3,(H,11,12);1-2H3. The van der Waals surface area contributed by atoms with E-state index in [9.17, 15) is 19.2 Å². The van der Waals surface area contributed by atoms with Crippen molar-refractivity contribution >= 4 is 67.1 Å². The highest BCUT2D eigenvalue weighted by Crippen LogP contribution is 2.43. The van der Waals surface area contributed by atoms with E-state index >= 15 is 0 Å². The molecule has 0 fully saturated rings. The monoisotopic (exact) mass is 820 g/mol. The van der Waals surface area contributed by atoms with Gasteiger partial charge < -0.3 is 14.6 Å². The first-order valence-corrected chi connectivity index (χ1v) is 20.2. The Balaban J connectivity index is 0.000000331. The summed E-state index contributed by atoms with van der Waals surface area (Å²) < 4.78 is 11.6. The molecule has 2 aromatic heterocycles. The van der Waals surface area contributed by atoms with Crippen LogP contribution < -0.4 is 4.74 Å². The highest BCUT2D eigenvalue weighted by Gasteiger charge is 2.20. The highest BCUT2D eigenvalue weighted by molar-refractivity contribution is 7.22. The van der Waals surface area contributed by atoms with Crippen LogP contribution in [0.1, 0.15) is 56.0 Å². The van der Waals surface area contributed by atoms with Crippen LogP contribution in [0.5, 0.6) is 5.75 Å². The average molecular weight is 821 g/mol. The molecule has 0 aliphatic rings. The van der Waals surface area contributed by atoms with Gasteiger partial charge in [-0.2, -0.15) is 0 Å². The van der Waals surface area contributed by atoms with Crippen molar-refractivity contribution in [1.82, 2.24) is 9.97 Å². The Morgan fingerprint density at radius 2 is 1.10 bits per heavy atom. The number of ether oxygens (including phenoxy) is 2. The van der Waals surface area contributed by atoms with Gasteiger partial charge in [0.05, 0.1) is 31.6 Å². The molecule has 6 aromatic carbocycles. The predicted octanol–water partition coefficient (Wildman–Crippen LogP) is 11.3. The Kier molecular flexibility index (Phi) is 14.0. The van der Waals surface area contributed by atoms with E-state index in [-0.39, 0.29) is 34.9 Å². The minimum absolute atomic E-state index is 0.0602. The van der Waals surface area contributed by atoms with E-state index in [1.807, 2.05) is 36.4 Å². The summed E-state index contributed by atoms with van der Waals surface area (Å²) in [5, 5.41) is 10.5. The van der Waals surface area contributed by atoms with Gasteiger partial charge in [0, 0.05) is 37.3 Å². The van der Waals surface area contributed by atoms with Gasteiger partial charge in [-0.1, -0.05) is 85.8 Å². The lowest BCUT2D eigenvalue weighted by Crippen LogP contribution is -2.06. The topological polar surface area (TPSA) is 133 Å². The number of aromatic carboxylic acids is 1. The number of hydrogen-bond donors (Lipinski definition) is 1. The summed E-state index contributed by atoms with van der Waals surface area (Å²) in [6.07, 6.45) is 1.07. The second-order valence-electron chi connectivity index (χ2n) is 13.2. The molecule has 8 aromatic rings. The van der Waals surface area contributed by atoms with E-state index in [1.165, 1.54) is 24.6 Å². The van der Waals surface area contributed by atoms with Gasteiger partial charge in [0.1, 0.15) is 15.8 Å². The van der Waals surface area contributed by atoms with E-state index in [0.29, 0.717) is 12.0 Å². The summed E-state index contributed by atoms with van der Waals surface area (Å²) in [5.74, 6) is -1.17. The number of rotatable bonds is 11. The lowest BCUT2D eigenvalue weighted by Gasteiger charge is -2.15. The third-order valence-electron chi connectivity index (χ3n) is 9.18. The number of thiazole rings is 2. The largest absolute Gasteiger partial charge is 0.478 e. The maximum atomic E-state index is 13.4. The van der Waals surface area contributed by atoms with Crippen LogP contribution in [0.2, 0.25) is 0 Å². The number of carbonyl (C=O) groups excluding carboxylic acids is 3. The fourth-order valence-electron chi connectivity index (χ4n) is 6.42. The molecule has 0 spiro atoms. The molecule has 0 aliphatic heterocycles. The van der Waals surface area contributed by atoms with Crippen LogP contribution in [0.3, 0.4) is 0 Å². The van der Waals surface area contributed by atoms with Gasteiger partial charge in [-0.05, 0) is 90.2 Å². The molecule has 59 heavy (non-hydrogen) atoms. The summed E-state index contributed by atoms with van der Waals surface area (Å²) in [7, 11) is 3.25. The fourth-order valence-corrected chi connectivity index (χ4v) is 8.41. The predicted molar refractivity (Wildman–Crippen MR) is 236 cm³/mol. The smallest absolute Gasteiger partial charge is 0.336 e. The van der Waals surface area contributed by atoms with Gasteiger partial charge in [0.2, 0.25) is 0 Å². The number of aryl methyl sites for hydroxylation is 1. The molecule has 296 valence electrons. The summed E-state index contributed by atoms with van der Waals surface area (Å²) in [6.45, 7) is 3.86. The molecule has 9 nitrogen and oxygen atoms in total. The SMILES string of the molecule is CC(=O)c1ccccc1C(=O)O.CCc1ccc(-c2ccc(CC(=O)c3ccccc3OC=O)cc2-c2nc3ccccc3s2)c(-c2nc3ccccc3s2)c1.COC. The third kappa shape index (κ3) is 9.90. The number of methoxy groups -OCH3 is 1. The van der Waals surface area contributed by atoms with E-state index in [2.05, 4.69) is 60.2 Å². The number of para-hydroxylation sites is 3. The van der Waals surface area contributed by atoms with E-state index < -0.39 is 5.97 Å². The highest BCUT2D eigenvalue weighted by atomic mass is 32.1. The number of Topliss-reactive ketones (excluding diaryl/α,β-unsaturated/α-hetero) is 2. The van der Waals surface area contributed by atoms with Crippen molar-refractivity contribution in [2.24, 2.45) is 0 Å². The molecule has 0 atom stereocenters. The zero-order valence-electron chi connectivity index (χ0n) is 32.8. The van der Waals surface area contributed by atoms with Crippen molar-refractivity contribution in [1.29, 1.82) is 0 Å². The first-order valence-electron chi connectivity index (χ1n) is 18.6. The normalized spacial score (nSPS) is 10.6. The number of carboxylic acids is 1. The Hall–Kier alpha value is -6.66. The second kappa shape index (κ2) is 19.7. The van der Waals surface area contributed by atoms with Crippen molar-refractivity contribution in [2.75, 3.05) is 14.2 Å². The average Bonchev–Trinajstić information content (AvgIpc) is 3.89. The molecule has 0 radical (unpaired) electrons. The number of ketones is 2. The molecule has 2 heterocycles. The number of benzene rings is 6. The van der Waals surface area contributed by atoms with Crippen molar-refractivity contribution in [3.63, 3.8) is 0 Å². The third-order valence-corrected chi connectivity index (χ3v) is 11.3. The van der Waals surface area contributed by atoms with Crippen LogP contribution in [-0.2, 0) is 22.4 Å². The number of nitrogens with zero attached hydrogens (tertiary/aromatic N) is 2. The Labute approximate surface area is 349 Å². The van der Waals surface area contributed by atoms with Crippen molar-refractivity contribution in [3.05, 3.63) is 161 Å². The molecular weight excluding hydrogens is 781 g/mol. The maximum absolute atomic E-state index is 13.4. The minimum Gasteiger partial charge on any atom is -0.478 e. The first-order chi connectivity index (χ1) is 28.6. The summed E-state index contributed by atoms with van der Waals surface area (Å²) >= 11 is 3.33. The van der Waals surface area contributed by atoms with Crippen LogP contribution in [-0.4, -0.2) is 53.3 Å². The van der Waals surface area contributed by atoms with Crippen LogP contribution >= 0.6 is 22.7 Å². The van der Waals surface area contributed by atoms with Gasteiger partial charge >= 0.3 is 5.97 Å². The van der Waals surface area contributed by atoms with Gasteiger partial charge in [0.15, 0.2) is 11.6 Å². The lowest BCUT2D eigenvalue weighted by molar-refractivity contribution is -0.120. The number of aromatic nitrogens is 2. The molecule has 0 saturated heterocycles. The first kappa shape index (κ1) is 42.0. The molecule has 0 aliphatic carbocycles. The second-order valence-corrected chi connectivity index (χ2v) is 15.3. The Morgan fingerprint density at radius 1 is 0.627 bits per heavy atom. The Bertz CT molecular complexity index is 2690. The van der Waals surface area contributed by atoms with Crippen molar-refractivity contribution in [2.45, 2.75) is 26.7 Å². The van der Waals surface area contributed by atoms with E-state index in [4.69, 9.17) is 19.8 Å². The van der Waals surface area contributed by atoms with Crippen molar-refractivity contribution in [3.8, 4) is 38.0 Å². The van der Waals surface area contributed by atoms with Crippen molar-refractivity contribution < 1.29 is 33.8 Å². The summed E-state index contributed by atoms with van der Waals surface area (Å²) in [5.41, 5.74) is 8.83. The van der Waals surface area contributed by atoms with Gasteiger partial charge in [-0.3, -0.25) is 14.4 Å². The van der Waals surface area contributed by atoms with Gasteiger partial charge in [0.25, 0.3) is 6.47 Å². The molecule has 0 saturated carbocycles. The zero-order valence-corrected chi connectivity index (χ0v) is 34.4. The van der Waals surface area contributed by atoms with Gasteiger partial charge in [-0.15, -0.1) is 22.7 Å². The quantitative estimate of drug-likeness (QED) is 0.1000.